The molecule has 1 N–H and O–H groups in total. The largest absolute Gasteiger partial charge is 0.358 e. The van der Waals surface area contributed by atoms with E-state index in [4.69, 9.17) is 4.99 Å². The van der Waals surface area contributed by atoms with Crippen molar-refractivity contribution in [3.05, 3.63) is 35.6 Å². The molecule has 4 heteroatoms. The summed E-state index contributed by atoms with van der Waals surface area (Å²) in [6.45, 7) is 6.37. The topological polar surface area (TPSA) is 24.4 Å². The van der Waals surface area contributed by atoms with Gasteiger partial charge in [0.25, 0.3) is 0 Å². The maximum absolute atomic E-state index is 13.7. The van der Waals surface area contributed by atoms with Crippen LogP contribution in [0.3, 0.4) is 0 Å². The smallest absolute Gasteiger partial charge is 0.157 e. The van der Waals surface area contributed by atoms with Gasteiger partial charge in [-0.3, -0.25) is 4.99 Å². The van der Waals surface area contributed by atoms with Crippen molar-refractivity contribution in [2.45, 2.75) is 39.3 Å². The van der Waals surface area contributed by atoms with Gasteiger partial charge in [0.15, 0.2) is 5.17 Å². The van der Waals surface area contributed by atoms with E-state index in [1.54, 1.807) is 17.8 Å². The minimum absolute atomic E-state index is 0.0571. The van der Waals surface area contributed by atoms with E-state index >= 15 is 0 Å². The van der Waals surface area contributed by atoms with Gasteiger partial charge in [0.1, 0.15) is 5.82 Å². The Morgan fingerprint density at radius 3 is 2.74 bits per heavy atom. The molecule has 2 unspecified atom stereocenters. The molecule has 1 aromatic carbocycles. The van der Waals surface area contributed by atoms with Gasteiger partial charge in [-0.15, -0.1) is 0 Å². The first-order valence-electron chi connectivity index (χ1n) is 6.79. The predicted molar refractivity (Wildman–Crippen MR) is 81.1 cm³/mol. The van der Waals surface area contributed by atoms with Gasteiger partial charge in [0, 0.05) is 11.3 Å². The molecular formula is C15H21FN2S. The first kappa shape index (κ1) is 14.4. The third-order valence-electron chi connectivity index (χ3n) is 3.42. The Morgan fingerprint density at radius 2 is 2.05 bits per heavy atom. The summed E-state index contributed by atoms with van der Waals surface area (Å²) in [5.41, 5.74) is 0.692. The number of nitrogens with zero attached hydrogens (tertiary/aromatic N) is 1. The Labute approximate surface area is 118 Å². The van der Waals surface area contributed by atoms with Crippen LogP contribution in [-0.4, -0.2) is 17.0 Å². The summed E-state index contributed by atoms with van der Waals surface area (Å²) in [6.07, 6.45) is 1.13. The molecule has 2 nitrogen and oxygen atoms in total. The molecule has 2 atom stereocenters. The summed E-state index contributed by atoms with van der Waals surface area (Å²) in [7, 11) is 0. The van der Waals surface area contributed by atoms with E-state index < -0.39 is 0 Å². The van der Waals surface area contributed by atoms with Crippen LogP contribution in [0, 0.1) is 11.7 Å². The first-order chi connectivity index (χ1) is 9.08. The number of benzene rings is 1. The molecule has 1 aliphatic heterocycles. The number of amidine groups is 1. The summed E-state index contributed by atoms with van der Waals surface area (Å²) in [5, 5.41) is 4.28. The summed E-state index contributed by atoms with van der Waals surface area (Å²) in [5.74, 6) is 1.48. The lowest BCUT2D eigenvalue weighted by atomic mass is 10.0. The molecule has 0 bridgehead atoms. The van der Waals surface area contributed by atoms with Gasteiger partial charge in [-0.2, -0.15) is 0 Å². The number of rotatable bonds is 3. The Kier molecular flexibility index (Phi) is 4.86. The summed E-state index contributed by atoms with van der Waals surface area (Å²) in [4.78, 5) is 4.72. The lowest BCUT2D eigenvalue weighted by Gasteiger charge is -2.25. The highest BCUT2D eigenvalue weighted by molar-refractivity contribution is 8.13. The van der Waals surface area contributed by atoms with Crippen molar-refractivity contribution in [1.82, 2.24) is 5.32 Å². The Hall–Kier alpha value is -1.03. The Morgan fingerprint density at radius 1 is 1.32 bits per heavy atom. The minimum atomic E-state index is -0.163. The van der Waals surface area contributed by atoms with E-state index in [-0.39, 0.29) is 11.9 Å². The fraction of sp³-hybridized carbons (Fsp3) is 0.533. The van der Waals surface area contributed by atoms with E-state index in [1.807, 2.05) is 19.1 Å². The zero-order valence-corrected chi connectivity index (χ0v) is 12.5. The van der Waals surface area contributed by atoms with Gasteiger partial charge in [-0.05, 0) is 25.3 Å². The van der Waals surface area contributed by atoms with Crippen LogP contribution in [-0.2, 0) is 0 Å². The molecular weight excluding hydrogens is 259 g/mol. The zero-order chi connectivity index (χ0) is 13.8. The van der Waals surface area contributed by atoms with Gasteiger partial charge in [-0.25, -0.2) is 4.39 Å². The number of nitrogens with one attached hydrogen (secondary N) is 1. The Bertz CT molecular complexity index is 459. The standard InChI is InChI=1S/C15H21FN2S/c1-10(2)14-8-9-19-15(18-14)17-11(3)12-6-4-5-7-13(12)16/h4-7,10-11,14H,8-9H2,1-3H3,(H,17,18). The molecule has 0 aliphatic carbocycles. The summed E-state index contributed by atoms with van der Waals surface area (Å²) in [6, 6.07) is 7.23. The zero-order valence-electron chi connectivity index (χ0n) is 11.7. The maximum Gasteiger partial charge on any atom is 0.157 e. The van der Waals surface area contributed by atoms with Gasteiger partial charge in [0.05, 0.1) is 12.1 Å². The highest BCUT2D eigenvalue weighted by atomic mass is 32.2. The van der Waals surface area contributed by atoms with Crippen molar-refractivity contribution in [3.8, 4) is 0 Å². The van der Waals surface area contributed by atoms with Crippen LogP contribution >= 0.6 is 11.8 Å². The maximum atomic E-state index is 13.7. The third-order valence-corrected chi connectivity index (χ3v) is 4.35. The van der Waals surface area contributed by atoms with E-state index in [9.17, 15) is 4.39 Å². The van der Waals surface area contributed by atoms with Crippen LogP contribution in [0.15, 0.2) is 29.3 Å². The quantitative estimate of drug-likeness (QED) is 0.905. The van der Waals surface area contributed by atoms with Gasteiger partial charge in [-0.1, -0.05) is 43.8 Å². The molecule has 0 saturated heterocycles. The van der Waals surface area contributed by atoms with Crippen LogP contribution in [0.5, 0.6) is 0 Å². The molecule has 1 heterocycles. The van der Waals surface area contributed by atoms with Gasteiger partial charge < -0.3 is 5.32 Å². The van der Waals surface area contributed by atoms with Crippen molar-refractivity contribution < 1.29 is 4.39 Å². The van der Waals surface area contributed by atoms with Crippen LogP contribution < -0.4 is 5.32 Å². The lowest BCUT2D eigenvalue weighted by Crippen LogP contribution is -2.31. The molecule has 0 radical (unpaired) electrons. The number of halogens is 1. The van der Waals surface area contributed by atoms with Crippen LogP contribution in [0.2, 0.25) is 0 Å². The second-order valence-corrected chi connectivity index (χ2v) is 6.35. The average Bonchev–Trinajstić information content (AvgIpc) is 2.39. The number of hydrogen-bond acceptors (Lipinski definition) is 3. The second kappa shape index (κ2) is 6.42. The monoisotopic (exact) mass is 280 g/mol. The molecule has 1 aliphatic rings. The molecule has 2 rings (SSSR count). The van der Waals surface area contributed by atoms with Crippen molar-refractivity contribution in [3.63, 3.8) is 0 Å². The average molecular weight is 280 g/mol. The van der Waals surface area contributed by atoms with Crippen molar-refractivity contribution in [2.24, 2.45) is 10.9 Å². The molecule has 1 aromatic rings. The summed E-state index contributed by atoms with van der Waals surface area (Å²) >= 11 is 1.73. The highest BCUT2D eigenvalue weighted by Crippen LogP contribution is 2.24. The van der Waals surface area contributed by atoms with Crippen LogP contribution in [0.4, 0.5) is 4.39 Å². The van der Waals surface area contributed by atoms with Gasteiger partial charge in [0.2, 0.25) is 0 Å². The fourth-order valence-corrected chi connectivity index (χ4v) is 3.20. The van der Waals surface area contributed by atoms with Crippen LogP contribution in [0.25, 0.3) is 0 Å². The SMILES string of the molecule is CC(NC1=NC(C(C)C)CCS1)c1ccccc1F. The second-order valence-electron chi connectivity index (χ2n) is 5.27. The van der Waals surface area contributed by atoms with Crippen molar-refractivity contribution in [2.75, 3.05) is 5.75 Å². The summed E-state index contributed by atoms with van der Waals surface area (Å²) < 4.78 is 13.7. The third kappa shape index (κ3) is 3.72. The number of hydrogen-bond donors (Lipinski definition) is 1. The van der Waals surface area contributed by atoms with Gasteiger partial charge >= 0.3 is 0 Å². The van der Waals surface area contributed by atoms with E-state index in [0.29, 0.717) is 17.5 Å². The van der Waals surface area contributed by atoms with Crippen molar-refractivity contribution in [1.29, 1.82) is 0 Å². The molecule has 19 heavy (non-hydrogen) atoms. The number of thioether (sulfide) groups is 1. The molecule has 0 spiro atoms. The number of aliphatic imine (C=N–C) groups is 1. The first-order valence-corrected chi connectivity index (χ1v) is 7.78. The molecule has 104 valence electrons. The van der Waals surface area contributed by atoms with Crippen molar-refractivity contribution >= 4 is 16.9 Å². The highest BCUT2D eigenvalue weighted by Gasteiger charge is 2.20. The predicted octanol–water partition coefficient (Wildman–Crippen LogP) is 3.99. The molecule has 0 fully saturated rings. The molecule has 0 amide bonds. The molecule has 0 saturated carbocycles. The lowest BCUT2D eigenvalue weighted by molar-refractivity contribution is 0.481. The van der Waals surface area contributed by atoms with E-state index in [2.05, 4.69) is 19.2 Å². The normalized spacial score (nSPS) is 21.1. The molecule has 0 aromatic heterocycles. The Balaban J connectivity index is 2.07. The van der Waals surface area contributed by atoms with E-state index in [1.165, 1.54) is 6.07 Å². The van der Waals surface area contributed by atoms with Crippen LogP contribution in [0.1, 0.15) is 38.8 Å². The minimum Gasteiger partial charge on any atom is -0.358 e. The fourth-order valence-electron chi connectivity index (χ4n) is 2.18. The van der Waals surface area contributed by atoms with E-state index in [0.717, 1.165) is 17.3 Å².